The van der Waals surface area contributed by atoms with Gasteiger partial charge in [-0.2, -0.15) is 0 Å². The number of hydrogen-bond acceptors (Lipinski definition) is 5. The van der Waals surface area contributed by atoms with Gasteiger partial charge in [0, 0.05) is 18.3 Å². The van der Waals surface area contributed by atoms with Crippen LogP contribution in [-0.4, -0.2) is 54.0 Å². The van der Waals surface area contributed by atoms with Crippen LogP contribution in [0.25, 0.3) is 0 Å². The van der Waals surface area contributed by atoms with Crippen molar-refractivity contribution in [1.82, 2.24) is 15.2 Å². The van der Waals surface area contributed by atoms with E-state index in [2.05, 4.69) is 15.2 Å². The van der Waals surface area contributed by atoms with Crippen molar-refractivity contribution in [2.75, 3.05) is 32.1 Å². The zero-order valence-electron chi connectivity index (χ0n) is 20.4. The largest absolute Gasteiger partial charge is 0.392 e. The number of aliphatic hydroxyl groups excluding tert-OH is 1. The van der Waals surface area contributed by atoms with Crippen LogP contribution in [0, 0.1) is 6.92 Å². The minimum Gasteiger partial charge on any atom is -0.392 e. The lowest BCUT2D eigenvalue weighted by Crippen LogP contribution is -2.48. The Labute approximate surface area is 206 Å². The molecule has 35 heavy (non-hydrogen) atoms. The molecule has 2 N–H and O–H groups in total. The maximum atomic E-state index is 13.8. The summed E-state index contributed by atoms with van der Waals surface area (Å²) in [5, 5.41) is 12.6. The van der Waals surface area contributed by atoms with Gasteiger partial charge in [-0.1, -0.05) is 48.5 Å². The lowest BCUT2D eigenvalue weighted by molar-refractivity contribution is -0.123. The Bertz CT molecular complexity index is 1180. The summed E-state index contributed by atoms with van der Waals surface area (Å²) in [6.07, 6.45) is 2.55. The van der Waals surface area contributed by atoms with Gasteiger partial charge in [0.05, 0.1) is 18.6 Å². The molecule has 0 radical (unpaired) electrons. The van der Waals surface area contributed by atoms with Crippen molar-refractivity contribution >= 4 is 17.6 Å². The molecule has 3 aromatic rings. The molecule has 0 unspecified atom stereocenters. The molecule has 2 heterocycles. The molecule has 0 spiro atoms. The molecule has 0 bridgehead atoms. The third-order valence-electron chi connectivity index (χ3n) is 6.35. The topological polar surface area (TPSA) is 85.8 Å². The van der Waals surface area contributed by atoms with E-state index in [9.17, 15) is 14.7 Å². The molecule has 1 aromatic heterocycles. The summed E-state index contributed by atoms with van der Waals surface area (Å²) in [7, 11) is 4.01. The lowest BCUT2D eigenvalue weighted by atomic mass is 9.79. The summed E-state index contributed by atoms with van der Waals surface area (Å²) in [6.45, 7) is 3.28. The van der Waals surface area contributed by atoms with Crippen molar-refractivity contribution in [2.45, 2.75) is 31.9 Å². The fourth-order valence-electron chi connectivity index (χ4n) is 4.55. The molecular formula is C28H32N4O3. The van der Waals surface area contributed by atoms with Gasteiger partial charge >= 0.3 is 0 Å². The van der Waals surface area contributed by atoms with Crippen LogP contribution in [0.1, 0.15) is 51.0 Å². The molecule has 2 atom stereocenters. The number of benzene rings is 2. The highest BCUT2D eigenvalue weighted by molar-refractivity contribution is 6.11. The maximum absolute atomic E-state index is 13.8. The number of fused-ring (bicyclic) bond motifs is 1. The fourth-order valence-corrected chi connectivity index (χ4v) is 4.55. The zero-order valence-corrected chi connectivity index (χ0v) is 20.4. The van der Waals surface area contributed by atoms with Gasteiger partial charge in [0.1, 0.15) is 5.82 Å². The van der Waals surface area contributed by atoms with Crippen LogP contribution in [0.3, 0.4) is 0 Å². The van der Waals surface area contributed by atoms with E-state index in [1.54, 1.807) is 17.2 Å². The number of rotatable bonds is 8. The smallest absolute Gasteiger partial charge is 0.260 e. The zero-order chi connectivity index (χ0) is 24.9. The van der Waals surface area contributed by atoms with Crippen molar-refractivity contribution in [3.05, 3.63) is 94.7 Å². The van der Waals surface area contributed by atoms with Gasteiger partial charge in [-0.25, -0.2) is 4.98 Å². The Kier molecular flexibility index (Phi) is 7.58. The first-order valence-corrected chi connectivity index (χ1v) is 11.9. The number of nitrogens with one attached hydrogen (secondary N) is 1. The van der Waals surface area contributed by atoms with Crippen LogP contribution in [0.2, 0.25) is 0 Å². The number of pyridine rings is 1. The van der Waals surface area contributed by atoms with Crippen molar-refractivity contribution in [1.29, 1.82) is 0 Å². The quantitative estimate of drug-likeness (QED) is 0.491. The fraction of sp³-hybridized carbons (Fsp3) is 0.321. The minimum atomic E-state index is -0.619. The van der Waals surface area contributed by atoms with Crippen LogP contribution in [0.5, 0.6) is 0 Å². The van der Waals surface area contributed by atoms with Gasteiger partial charge in [-0.05, 0) is 68.4 Å². The molecule has 2 aromatic carbocycles. The molecule has 1 aliphatic rings. The molecule has 7 heteroatoms. The van der Waals surface area contributed by atoms with Crippen molar-refractivity contribution < 1.29 is 14.7 Å². The van der Waals surface area contributed by atoms with E-state index in [1.165, 1.54) is 0 Å². The molecule has 182 valence electrons. The standard InChI is InChI=1S/C28H32N4O3/c1-19-9-14-24(30-17-19)32-26(21-12-10-20(18-33)11-13-21)25(27(34)29-15-6-16-31(2)3)22-7-4-5-8-23(22)28(32)35/h4-5,7-14,17,25-26,33H,6,15-16,18H2,1-3H3,(H,29,34)/t25-,26+/m1/s1. The predicted octanol–water partition coefficient (Wildman–Crippen LogP) is 3.44. The molecule has 0 saturated carbocycles. The van der Waals surface area contributed by atoms with Crippen molar-refractivity contribution in [3.8, 4) is 0 Å². The normalized spacial score (nSPS) is 17.4. The second kappa shape index (κ2) is 10.8. The Morgan fingerprint density at radius 1 is 1.09 bits per heavy atom. The van der Waals surface area contributed by atoms with Gasteiger partial charge < -0.3 is 15.3 Å². The molecule has 0 fully saturated rings. The van der Waals surface area contributed by atoms with E-state index in [4.69, 9.17) is 0 Å². The van der Waals surface area contributed by atoms with Crippen molar-refractivity contribution in [2.24, 2.45) is 0 Å². The average molecular weight is 473 g/mol. The summed E-state index contributed by atoms with van der Waals surface area (Å²) >= 11 is 0. The minimum absolute atomic E-state index is 0.0776. The van der Waals surface area contributed by atoms with Gasteiger partial charge in [0.15, 0.2) is 0 Å². The van der Waals surface area contributed by atoms with Crippen LogP contribution in [-0.2, 0) is 11.4 Å². The number of amides is 2. The summed E-state index contributed by atoms with van der Waals surface area (Å²) in [5.41, 5.74) is 3.77. The number of nitrogens with zero attached hydrogens (tertiary/aromatic N) is 3. The number of aryl methyl sites for hydroxylation is 1. The third kappa shape index (κ3) is 5.26. The molecule has 7 nitrogen and oxygen atoms in total. The van der Waals surface area contributed by atoms with Crippen LogP contribution in [0.15, 0.2) is 66.9 Å². The predicted molar refractivity (Wildman–Crippen MR) is 136 cm³/mol. The molecule has 2 amide bonds. The van der Waals surface area contributed by atoms with E-state index in [-0.39, 0.29) is 18.4 Å². The summed E-state index contributed by atoms with van der Waals surface area (Å²) in [4.78, 5) is 35.8. The van der Waals surface area contributed by atoms with E-state index in [0.717, 1.165) is 29.7 Å². The van der Waals surface area contributed by atoms with Gasteiger partial charge in [-0.3, -0.25) is 14.5 Å². The number of anilines is 1. The van der Waals surface area contributed by atoms with E-state index >= 15 is 0 Å². The van der Waals surface area contributed by atoms with Crippen LogP contribution in [0.4, 0.5) is 5.82 Å². The highest BCUT2D eigenvalue weighted by Crippen LogP contribution is 2.44. The lowest BCUT2D eigenvalue weighted by Gasteiger charge is -2.41. The Balaban J connectivity index is 1.81. The first-order chi connectivity index (χ1) is 16.9. The summed E-state index contributed by atoms with van der Waals surface area (Å²) in [5.74, 6) is -0.440. The Morgan fingerprint density at radius 2 is 1.83 bits per heavy atom. The number of aliphatic hydroxyl groups is 1. The molecule has 0 aliphatic carbocycles. The highest BCUT2D eigenvalue weighted by Gasteiger charge is 2.45. The van der Waals surface area contributed by atoms with Gasteiger partial charge in [0.2, 0.25) is 5.91 Å². The third-order valence-corrected chi connectivity index (χ3v) is 6.35. The first kappa shape index (κ1) is 24.6. The van der Waals surface area contributed by atoms with Crippen LogP contribution < -0.4 is 10.2 Å². The Hall–Kier alpha value is -3.55. The summed E-state index contributed by atoms with van der Waals surface area (Å²) < 4.78 is 0. The second-order valence-corrected chi connectivity index (χ2v) is 9.23. The van der Waals surface area contributed by atoms with E-state index in [1.807, 2.05) is 75.6 Å². The van der Waals surface area contributed by atoms with Crippen molar-refractivity contribution in [3.63, 3.8) is 0 Å². The Morgan fingerprint density at radius 3 is 2.49 bits per heavy atom. The number of hydrogen-bond donors (Lipinski definition) is 2. The van der Waals surface area contributed by atoms with Gasteiger partial charge in [-0.15, -0.1) is 0 Å². The average Bonchev–Trinajstić information content (AvgIpc) is 2.87. The molecule has 4 rings (SSSR count). The van der Waals surface area contributed by atoms with E-state index < -0.39 is 12.0 Å². The summed E-state index contributed by atoms with van der Waals surface area (Å²) in [6, 6.07) is 17.9. The first-order valence-electron chi connectivity index (χ1n) is 11.9. The van der Waals surface area contributed by atoms with Crippen LogP contribution >= 0.6 is 0 Å². The number of carbonyl (C=O) groups excluding carboxylic acids is 2. The number of carbonyl (C=O) groups is 2. The SMILES string of the molecule is Cc1ccc(N2C(=O)c3ccccc3[C@@H](C(=O)NCCCN(C)C)[C@@H]2c2ccc(CO)cc2)nc1. The monoisotopic (exact) mass is 472 g/mol. The molecule has 1 aliphatic heterocycles. The second-order valence-electron chi connectivity index (χ2n) is 9.23. The van der Waals surface area contributed by atoms with Gasteiger partial charge in [0.25, 0.3) is 5.91 Å². The highest BCUT2D eigenvalue weighted by atomic mass is 16.3. The molecular weight excluding hydrogens is 440 g/mol. The number of aromatic nitrogens is 1. The van der Waals surface area contributed by atoms with E-state index in [0.29, 0.717) is 23.5 Å². The molecule has 0 saturated heterocycles. The maximum Gasteiger partial charge on any atom is 0.260 e.